The van der Waals surface area contributed by atoms with E-state index in [1.165, 1.54) is 0 Å². The highest BCUT2D eigenvalue weighted by Crippen LogP contribution is 2.37. The minimum Gasteiger partial charge on any atom is -0.336 e. The van der Waals surface area contributed by atoms with E-state index in [0.717, 1.165) is 44.3 Å². The smallest absolute Gasteiger partial charge is 0.263 e. The van der Waals surface area contributed by atoms with Gasteiger partial charge in [-0.2, -0.15) is 0 Å². The highest BCUT2D eigenvalue weighted by atomic mass is 16.1. The average Bonchev–Trinajstić information content (AvgIpc) is 2.74. The molecule has 4 aromatic carbocycles. The molecule has 0 bridgehead atoms. The Morgan fingerprint density at radius 1 is 0.607 bits per heavy atom. The van der Waals surface area contributed by atoms with Gasteiger partial charge < -0.3 is 10.6 Å². The van der Waals surface area contributed by atoms with E-state index < -0.39 is 0 Å². The van der Waals surface area contributed by atoms with Gasteiger partial charge in [0.1, 0.15) is 0 Å². The Kier molecular flexibility index (Phi) is 2.97. The van der Waals surface area contributed by atoms with Gasteiger partial charge in [0, 0.05) is 22.1 Å². The van der Waals surface area contributed by atoms with E-state index in [4.69, 9.17) is 0 Å². The predicted molar refractivity (Wildman–Crippen MR) is 114 cm³/mol. The van der Waals surface area contributed by atoms with Gasteiger partial charge in [-0.15, -0.1) is 0 Å². The molecule has 0 unspecified atom stereocenters. The molecule has 0 spiro atoms. The molecule has 0 aromatic heterocycles. The maximum absolute atomic E-state index is 13.2. The van der Waals surface area contributed by atoms with Crippen molar-refractivity contribution in [2.75, 3.05) is 10.6 Å². The van der Waals surface area contributed by atoms with Crippen molar-refractivity contribution >= 4 is 61.7 Å². The number of anilines is 2. The third-order valence-corrected chi connectivity index (χ3v) is 5.17. The molecule has 4 aromatic rings. The van der Waals surface area contributed by atoms with Crippen LogP contribution in [0.4, 0.5) is 22.7 Å². The fourth-order valence-corrected chi connectivity index (χ4v) is 3.92. The summed E-state index contributed by atoms with van der Waals surface area (Å²) in [5.41, 5.74) is 3.33. The van der Waals surface area contributed by atoms with Crippen LogP contribution < -0.4 is 10.6 Å². The Hall–Kier alpha value is -3.99. The first-order valence-corrected chi connectivity index (χ1v) is 9.07. The van der Waals surface area contributed by atoms with Crippen LogP contribution in [0.5, 0.6) is 0 Å². The van der Waals surface area contributed by atoms with Gasteiger partial charge in [0.25, 0.3) is 5.78 Å². The van der Waals surface area contributed by atoms with Crippen LogP contribution in [0.1, 0.15) is 0 Å². The first kappa shape index (κ1) is 15.1. The second-order valence-corrected chi connectivity index (χ2v) is 6.86. The third-order valence-electron chi connectivity index (χ3n) is 5.17. The van der Waals surface area contributed by atoms with E-state index in [-0.39, 0.29) is 17.5 Å². The summed E-state index contributed by atoms with van der Waals surface area (Å²) >= 11 is 0. The van der Waals surface area contributed by atoms with Crippen LogP contribution in [-0.2, 0) is 4.79 Å². The van der Waals surface area contributed by atoms with Crippen LogP contribution in [0, 0.1) is 0 Å². The molecule has 2 N–H and O–H groups in total. The summed E-state index contributed by atoms with van der Waals surface area (Å²) in [6.45, 7) is 0. The van der Waals surface area contributed by atoms with Crippen molar-refractivity contribution in [2.24, 2.45) is 9.98 Å². The van der Waals surface area contributed by atoms with Crippen molar-refractivity contribution in [3.8, 4) is 0 Å². The summed E-state index contributed by atoms with van der Waals surface area (Å²) < 4.78 is 0. The van der Waals surface area contributed by atoms with E-state index in [1.807, 2.05) is 72.8 Å². The fraction of sp³-hybridized carbons (Fsp3) is 0. The zero-order chi connectivity index (χ0) is 18.7. The summed E-state index contributed by atoms with van der Waals surface area (Å²) in [7, 11) is 0. The Balaban J connectivity index is 1.46. The van der Waals surface area contributed by atoms with Gasteiger partial charge in [-0.3, -0.25) is 4.79 Å². The summed E-state index contributed by atoms with van der Waals surface area (Å²) in [5.74, 6) is 0.269. The van der Waals surface area contributed by atoms with E-state index in [9.17, 15) is 4.79 Å². The first-order valence-electron chi connectivity index (χ1n) is 9.07. The number of Topliss-reactive ketones (excluding diaryl/α,β-unsaturated/α-hetero) is 1. The molecule has 2 aliphatic heterocycles. The molecule has 5 heteroatoms. The quantitative estimate of drug-likeness (QED) is 0.517. The van der Waals surface area contributed by atoms with E-state index >= 15 is 0 Å². The number of benzene rings is 4. The van der Waals surface area contributed by atoms with Crippen molar-refractivity contribution in [1.29, 1.82) is 0 Å². The molecule has 0 amide bonds. The maximum atomic E-state index is 13.2. The standard InChI is InChI=1S/C23H14N4O/c28-21(22-24-15-9-1-5-13-6-2-10-16(25-22)19(13)15)23-26-17-11-3-7-14-8-4-12-18(27-23)20(14)17/h1-12H,(H,24,25)(H,26,27). The normalized spacial score (nSPS) is 14.1. The van der Waals surface area contributed by atoms with Crippen molar-refractivity contribution in [2.45, 2.75) is 0 Å². The number of hydrogen-bond acceptors (Lipinski definition) is 5. The number of nitrogens with one attached hydrogen (secondary N) is 2. The van der Waals surface area contributed by atoms with Crippen molar-refractivity contribution in [3.05, 3.63) is 72.8 Å². The highest BCUT2D eigenvalue weighted by molar-refractivity contribution is 6.70. The predicted octanol–water partition coefficient (Wildman–Crippen LogP) is 5.17. The van der Waals surface area contributed by atoms with Crippen LogP contribution in [0.3, 0.4) is 0 Å². The lowest BCUT2D eigenvalue weighted by atomic mass is 10.0. The van der Waals surface area contributed by atoms with Crippen LogP contribution in [-0.4, -0.2) is 17.5 Å². The second-order valence-electron chi connectivity index (χ2n) is 6.86. The number of nitrogens with zero attached hydrogens (tertiary/aromatic N) is 2. The number of carbonyl (C=O) groups is 1. The van der Waals surface area contributed by atoms with Gasteiger partial charge in [0.15, 0.2) is 11.7 Å². The number of ketones is 1. The minimum absolute atomic E-state index is 0.266. The lowest BCUT2D eigenvalue weighted by molar-refractivity contribution is -0.107. The molecule has 132 valence electrons. The largest absolute Gasteiger partial charge is 0.336 e. The van der Waals surface area contributed by atoms with Gasteiger partial charge in [-0.25, -0.2) is 9.98 Å². The Bertz CT molecular complexity index is 1270. The minimum atomic E-state index is -0.266. The molecule has 28 heavy (non-hydrogen) atoms. The van der Waals surface area contributed by atoms with Crippen molar-refractivity contribution in [3.63, 3.8) is 0 Å². The molecular weight excluding hydrogens is 348 g/mol. The summed E-state index contributed by atoms with van der Waals surface area (Å²) in [6, 6.07) is 23.8. The van der Waals surface area contributed by atoms with Gasteiger partial charge in [-0.1, -0.05) is 48.5 Å². The number of aliphatic imine (C=N–C) groups is 2. The monoisotopic (exact) mass is 362 g/mol. The van der Waals surface area contributed by atoms with Gasteiger partial charge >= 0.3 is 0 Å². The number of hydrogen-bond donors (Lipinski definition) is 2. The molecular formula is C23H14N4O. The second kappa shape index (κ2) is 5.50. The average molecular weight is 362 g/mol. The number of carbonyl (C=O) groups excluding carboxylic acids is 1. The first-order chi connectivity index (χ1) is 13.8. The Morgan fingerprint density at radius 3 is 1.50 bits per heavy atom. The molecule has 5 nitrogen and oxygen atoms in total. The number of rotatable bonds is 2. The van der Waals surface area contributed by atoms with Crippen LogP contribution in [0.2, 0.25) is 0 Å². The van der Waals surface area contributed by atoms with Gasteiger partial charge in [0.2, 0.25) is 0 Å². The zero-order valence-electron chi connectivity index (χ0n) is 14.7. The molecule has 0 atom stereocenters. The zero-order valence-corrected chi connectivity index (χ0v) is 14.7. The Morgan fingerprint density at radius 2 is 1.04 bits per heavy atom. The number of amidine groups is 2. The van der Waals surface area contributed by atoms with Crippen molar-refractivity contribution < 1.29 is 4.79 Å². The molecule has 6 rings (SSSR count). The fourth-order valence-electron chi connectivity index (χ4n) is 3.92. The SMILES string of the molecule is O=C(C1=Nc2cccc3cccc(c23)N1)C1=Nc2cccc3cccc(c23)N1. The van der Waals surface area contributed by atoms with Crippen LogP contribution >= 0.6 is 0 Å². The van der Waals surface area contributed by atoms with Crippen molar-refractivity contribution in [1.82, 2.24) is 0 Å². The molecule has 0 radical (unpaired) electrons. The third kappa shape index (κ3) is 2.10. The molecule has 0 aliphatic carbocycles. The van der Waals surface area contributed by atoms with E-state index in [2.05, 4.69) is 20.6 Å². The lowest BCUT2D eigenvalue weighted by Gasteiger charge is -2.21. The maximum Gasteiger partial charge on any atom is 0.263 e. The topological polar surface area (TPSA) is 65.8 Å². The van der Waals surface area contributed by atoms with Gasteiger partial charge in [0.05, 0.1) is 11.4 Å². The summed E-state index contributed by atoms with van der Waals surface area (Å²) in [6.07, 6.45) is 0. The molecule has 0 saturated heterocycles. The summed E-state index contributed by atoms with van der Waals surface area (Å²) in [5, 5.41) is 10.6. The Labute approximate surface area is 160 Å². The summed E-state index contributed by atoms with van der Waals surface area (Å²) in [4.78, 5) is 22.4. The van der Waals surface area contributed by atoms with Crippen LogP contribution in [0.15, 0.2) is 82.8 Å². The van der Waals surface area contributed by atoms with E-state index in [1.54, 1.807) is 0 Å². The molecule has 2 heterocycles. The molecule has 0 fully saturated rings. The molecule has 2 aliphatic rings. The highest BCUT2D eigenvalue weighted by Gasteiger charge is 2.26. The van der Waals surface area contributed by atoms with Crippen LogP contribution in [0.25, 0.3) is 21.5 Å². The molecule has 0 saturated carbocycles. The van der Waals surface area contributed by atoms with Gasteiger partial charge in [-0.05, 0) is 35.0 Å². The van der Waals surface area contributed by atoms with E-state index in [0.29, 0.717) is 0 Å². The lowest BCUT2D eigenvalue weighted by Crippen LogP contribution is -2.35.